The molecule has 1 fully saturated rings. The lowest BCUT2D eigenvalue weighted by Crippen LogP contribution is -2.16. The lowest BCUT2D eigenvalue weighted by Gasteiger charge is -2.08. The van der Waals surface area contributed by atoms with Crippen molar-refractivity contribution < 1.29 is 18.8 Å². The number of ether oxygens (including phenoxy) is 2. The van der Waals surface area contributed by atoms with Gasteiger partial charge in [-0.2, -0.15) is 10.1 Å². The molecule has 4 aromatic rings. The summed E-state index contributed by atoms with van der Waals surface area (Å²) >= 11 is 1.44. The molecule has 10 heteroatoms. The summed E-state index contributed by atoms with van der Waals surface area (Å²) in [6.45, 7) is 0. The van der Waals surface area contributed by atoms with E-state index in [0.29, 0.717) is 40.4 Å². The Labute approximate surface area is 188 Å². The van der Waals surface area contributed by atoms with Gasteiger partial charge in [-0.25, -0.2) is 0 Å². The van der Waals surface area contributed by atoms with Crippen LogP contribution in [-0.4, -0.2) is 40.0 Å². The molecule has 1 saturated carbocycles. The molecule has 0 saturated heterocycles. The molecule has 0 spiro atoms. The van der Waals surface area contributed by atoms with Gasteiger partial charge in [0.15, 0.2) is 5.82 Å². The molecule has 0 unspecified atom stereocenters. The van der Waals surface area contributed by atoms with Crippen LogP contribution in [0.2, 0.25) is 0 Å². The van der Waals surface area contributed by atoms with Crippen LogP contribution in [-0.2, 0) is 7.05 Å². The maximum absolute atomic E-state index is 13.1. The van der Waals surface area contributed by atoms with E-state index in [-0.39, 0.29) is 5.91 Å². The van der Waals surface area contributed by atoms with E-state index in [1.54, 1.807) is 33.4 Å². The highest BCUT2D eigenvalue weighted by molar-refractivity contribution is 7.14. The number of aryl methyl sites for hydroxylation is 1. The third-order valence-electron chi connectivity index (χ3n) is 5.29. The number of carbonyl (C=O) groups excluding carboxylic acids is 1. The maximum Gasteiger partial charge on any atom is 0.273 e. The smallest absolute Gasteiger partial charge is 0.273 e. The number of thiophene rings is 1. The SMILES string of the molecule is COc1ccc(OC)c(-c2cc(C(=O)Nc3ccsc3-c3nc(C4CC4)no3)n(C)n2)c1. The van der Waals surface area contributed by atoms with Crippen LogP contribution in [0.25, 0.3) is 22.0 Å². The standard InChI is InChI=1S/C22H21N5O4S/c1-27-17(11-16(25-27)14-10-13(29-2)6-7-18(14)30-3)21(28)23-15-8-9-32-19(15)22-24-20(26-31-22)12-4-5-12/h6-12H,4-5H2,1-3H3,(H,23,28). The zero-order valence-electron chi connectivity index (χ0n) is 17.8. The Morgan fingerprint density at radius 1 is 1.22 bits per heavy atom. The molecule has 164 valence electrons. The van der Waals surface area contributed by atoms with E-state index >= 15 is 0 Å². The molecule has 0 radical (unpaired) electrons. The Balaban J connectivity index is 1.41. The molecule has 1 aliphatic rings. The predicted octanol–water partition coefficient (Wildman–Crippen LogP) is 4.35. The summed E-state index contributed by atoms with van der Waals surface area (Å²) in [6, 6.07) is 8.98. The second kappa shape index (κ2) is 8.12. The highest BCUT2D eigenvalue weighted by atomic mass is 32.1. The van der Waals surface area contributed by atoms with Gasteiger partial charge in [0, 0.05) is 18.5 Å². The molecule has 5 rings (SSSR count). The zero-order chi connectivity index (χ0) is 22.2. The second-order valence-electron chi connectivity index (χ2n) is 7.45. The zero-order valence-corrected chi connectivity index (χ0v) is 18.6. The van der Waals surface area contributed by atoms with Crippen LogP contribution >= 0.6 is 11.3 Å². The minimum absolute atomic E-state index is 0.297. The fourth-order valence-electron chi connectivity index (χ4n) is 3.42. The molecular formula is C22H21N5O4S. The number of anilines is 1. The van der Waals surface area contributed by atoms with Crippen molar-refractivity contribution in [1.29, 1.82) is 0 Å². The quantitative estimate of drug-likeness (QED) is 0.445. The van der Waals surface area contributed by atoms with Gasteiger partial charge >= 0.3 is 0 Å². The normalized spacial score (nSPS) is 13.2. The molecule has 1 N–H and O–H groups in total. The summed E-state index contributed by atoms with van der Waals surface area (Å²) in [7, 11) is 4.91. The summed E-state index contributed by atoms with van der Waals surface area (Å²) < 4.78 is 17.7. The highest BCUT2D eigenvalue weighted by Gasteiger charge is 2.30. The van der Waals surface area contributed by atoms with Crippen LogP contribution in [0.1, 0.15) is 35.1 Å². The average Bonchev–Trinajstić information content (AvgIpc) is 3.19. The number of methoxy groups -OCH3 is 2. The van der Waals surface area contributed by atoms with Crippen LogP contribution in [0.4, 0.5) is 5.69 Å². The summed E-state index contributed by atoms with van der Waals surface area (Å²) in [5.74, 6) is 2.56. The number of nitrogens with zero attached hydrogens (tertiary/aromatic N) is 4. The van der Waals surface area contributed by atoms with Gasteiger partial charge in [-0.15, -0.1) is 11.3 Å². The fraction of sp³-hybridized carbons (Fsp3) is 0.273. The largest absolute Gasteiger partial charge is 0.497 e. The molecule has 1 amide bonds. The molecule has 0 atom stereocenters. The van der Waals surface area contributed by atoms with Crippen molar-refractivity contribution in [3.8, 4) is 33.5 Å². The summed E-state index contributed by atoms with van der Waals surface area (Å²) in [6.07, 6.45) is 2.18. The first kappa shape index (κ1) is 20.3. The van der Waals surface area contributed by atoms with Gasteiger partial charge in [0.25, 0.3) is 11.8 Å². The summed E-state index contributed by atoms with van der Waals surface area (Å²) in [5.41, 5.74) is 2.35. The van der Waals surface area contributed by atoms with E-state index in [0.717, 1.165) is 29.1 Å². The third-order valence-corrected chi connectivity index (χ3v) is 6.19. The average molecular weight is 452 g/mol. The molecule has 3 aromatic heterocycles. The first-order chi connectivity index (χ1) is 15.6. The minimum atomic E-state index is -0.297. The van der Waals surface area contributed by atoms with Crippen LogP contribution in [0.5, 0.6) is 11.5 Å². The van der Waals surface area contributed by atoms with Gasteiger partial charge in [-0.05, 0) is 48.6 Å². The Hall–Kier alpha value is -3.66. The Bertz CT molecular complexity index is 1290. The van der Waals surface area contributed by atoms with E-state index in [1.165, 1.54) is 16.0 Å². The number of amides is 1. The van der Waals surface area contributed by atoms with Crippen molar-refractivity contribution in [3.05, 3.63) is 47.2 Å². The van der Waals surface area contributed by atoms with Gasteiger partial charge in [0.2, 0.25) is 0 Å². The van der Waals surface area contributed by atoms with Crippen molar-refractivity contribution in [1.82, 2.24) is 19.9 Å². The van der Waals surface area contributed by atoms with Crippen LogP contribution in [0.3, 0.4) is 0 Å². The number of nitrogens with one attached hydrogen (secondary N) is 1. The van der Waals surface area contributed by atoms with Crippen LogP contribution in [0, 0.1) is 0 Å². The number of aromatic nitrogens is 4. The predicted molar refractivity (Wildman–Crippen MR) is 119 cm³/mol. The van der Waals surface area contributed by atoms with E-state index in [2.05, 4.69) is 20.6 Å². The Kier molecular flexibility index (Phi) is 5.14. The number of rotatable bonds is 7. The molecular weight excluding hydrogens is 430 g/mol. The second-order valence-corrected chi connectivity index (χ2v) is 8.37. The summed E-state index contributed by atoms with van der Waals surface area (Å²) in [5, 5.41) is 13.4. The molecule has 0 aliphatic heterocycles. The number of benzene rings is 1. The Morgan fingerprint density at radius 2 is 2.06 bits per heavy atom. The number of carbonyl (C=O) groups is 1. The van der Waals surface area contributed by atoms with Crippen LogP contribution in [0.15, 0.2) is 40.2 Å². The molecule has 1 aliphatic carbocycles. The third kappa shape index (κ3) is 3.73. The maximum atomic E-state index is 13.1. The first-order valence-corrected chi connectivity index (χ1v) is 10.9. The lowest BCUT2D eigenvalue weighted by molar-refractivity contribution is 0.101. The highest BCUT2D eigenvalue weighted by Crippen LogP contribution is 2.40. The van der Waals surface area contributed by atoms with Crippen molar-refractivity contribution in [2.75, 3.05) is 19.5 Å². The van der Waals surface area contributed by atoms with E-state index < -0.39 is 0 Å². The Morgan fingerprint density at radius 3 is 2.81 bits per heavy atom. The van der Waals surface area contributed by atoms with Gasteiger partial charge in [-0.3, -0.25) is 9.48 Å². The monoisotopic (exact) mass is 451 g/mol. The van der Waals surface area contributed by atoms with Gasteiger partial charge < -0.3 is 19.3 Å². The van der Waals surface area contributed by atoms with Crippen molar-refractivity contribution >= 4 is 22.9 Å². The van der Waals surface area contributed by atoms with E-state index in [1.807, 2.05) is 23.6 Å². The number of hydrogen-bond donors (Lipinski definition) is 1. The van der Waals surface area contributed by atoms with E-state index in [4.69, 9.17) is 14.0 Å². The van der Waals surface area contributed by atoms with Crippen molar-refractivity contribution in [2.45, 2.75) is 18.8 Å². The first-order valence-electron chi connectivity index (χ1n) is 10.1. The topological polar surface area (TPSA) is 104 Å². The fourth-order valence-corrected chi connectivity index (χ4v) is 4.19. The minimum Gasteiger partial charge on any atom is -0.497 e. The molecule has 1 aromatic carbocycles. The van der Waals surface area contributed by atoms with Gasteiger partial charge in [-0.1, -0.05) is 5.16 Å². The summed E-state index contributed by atoms with van der Waals surface area (Å²) in [4.78, 5) is 18.3. The lowest BCUT2D eigenvalue weighted by atomic mass is 10.1. The molecule has 3 heterocycles. The van der Waals surface area contributed by atoms with E-state index in [9.17, 15) is 4.79 Å². The molecule has 0 bridgehead atoms. The van der Waals surface area contributed by atoms with Gasteiger partial charge in [0.1, 0.15) is 22.1 Å². The molecule has 32 heavy (non-hydrogen) atoms. The van der Waals surface area contributed by atoms with Crippen molar-refractivity contribution in [3.63, 3.8) is 0 Å². The molecule has 9 nitrogen and oxygen atoms in total. The number of hydrogen-bond acceptors (Lipinski definition) is 8. The van der Waals surface area contributed by atoms with Crippen LogP contribution < -0.4 is 14.8 Å². The van der Waals surface area contributed by atoms with Crippen molar-refractivity contribution in [2.24, 2.45) is 7.05 Å². The van der Waals surface area contributed by atoms with Gasteiger partial charge in [0.05, 0.1) is 25.6 Å².